The lowest BCUT2D eigenvalue weighted by atomic mass is 9.95. The average molecular weight is 377 g/mol. The van der Waals surface area contributed by atoms with Crippen LogP contribution in [0.25, 0.3) is 0 Å². The van der Waals surface area contributed by atoms with Gasteiger partial charge in [0.15, 0.2) is 0 Å². The van der Waals surface area contributed by atoms with Crippen molar-refractivity contribution in [1.29, 1.82) is 0 Å². The summed E-state index contributed by atoms with van der Waals surface area (Å²) >= 11 is 5.68. The Bertz CT molecular complexity index is 522. The van der Waals surface area contributed by atoms with Crippen molar-refractivity contribution in [2.45, 2.75) is 18.6 Å². The Morgan fingerprint density at radius 2 is 1.87 bits per heavy atom. The van der Waals surface area contributed by atoms with Gasteiger partial charge in [0.2, 0.25) is 0 Å². The van der Waals surface area contributed by atoms with E-state index in [1.165, 1.54) is 0 Å². The van der Waals surface area contributed by atoms with Crippen LogP contribution in [0.4, 0.5) is 17.6 Å². The van der Waals surface area contributed by atoms with Crippen molar-refractivity contribution in [2.75, 3.05) is 32.8 Å². The van der Waals surface area contributed by atoms with Crippen molar-refractivity contribution >= 4 is 24.0 Å². The molecule has 0 unspecified atom stereocenters. The Hall–Kier alpha value is -0.600. The largest absolute Gasteiger partial charge is 0.416 e. The van der Waals surface area contributed by atoms with Gasteiger partial charge in [-0.3, -0.25) is 4.90 Å². The molecule has 1 heterocycles. The summed E-state index contributed by atoms with van der Waals surface area (Å²) in [4.78, 5) is 1.75. The number of aliphatic hydroxyl groups is 1. The van der Waals surface area contributed by atoms with Crippen molar-refractivity contribution in [3.63, 3.8) is 0 Å². The molecule has 9 heteroatoms. The van der Waals surface area contributed by atoms with E-state index in [-0.39, 0.29) is 30.5 Å². The van der Waals surface area contributed by atoms with Crippen LogP contribution in [0.15, 0.2) is 12.1 Å². The van der Waals surface area contributed by atoms with E-state index in [0.717, 1.165) is 12.1 Å². The molecule has 0 radical (unpaired) electrons. The molecule has 1 fully saturated rings. The molecule has 0 saturated carbocycles. The molecule has 132 valence electrons. The normalized spacial score (nSPS) is 17.7. The summed E-state index contributed by atoms with van der Waals surface area (Å²) in [5.74, 6) is -1.06. The fourth-order valence-electron chi connectivity index (χ4n) is 2.76. The third kappa shape index (κ3) is 4.70. The van der Waals surface area contributed by atoms with E-state index < -0.39 is 29.2 Å². The molecule has 2 rings (SSSR count). The van der Waals surface area contributed by atoms with E-state index in [2.05, 4.69) is 5.32 Å². The van der Waals surface area contributed by atoms with E-state index in [0.29, 0.717) is 26.2 Å². The zero-order chi connectivity index (χ0) is 16.3. The Morgan fingerprint density at radius 1 is 1.26 bits per heavy atom. The van der Waals surface area contributed by atoms with E-state index in [1.54, 1.807) is 4.90 Å². The Kier molecular flexibility index (Phi) is 7.54. The maximum atomic E-state index is 14.4. The van der Waals surface area contributed by atoms with Gasteiger partial charge in [0.1, 0.15) is 5.82 Å². The molecule has 3 nitrogen and oxygen atoms in total. The van der Waals surface area contributed by atoms with Crippen LogP contribution in [0, 0.1) is 5.82 Å². The van der Waals surface area contributed by atoms with Gasteiger partial charge >= 0.3 is 6.18 Å². The molecule has 23 heavy (non-hydrogen) atoms. The van der Waals surface area contributed by atoms with Crippen LogP contribution in [-0.2, 0) is 6.18 Å². The molecule has 0 aliphatic carbocycles. The quantitative estimate of drug-likeness (QED) is 0.791. The van der Waals surface area contributed by atoms with Crippen molar-refractivity contribution in [1.82, 2.24) is 10.2 Å². The fourth-order valence-corrected chi connectivity index (χ4v) is 2.93. The molecule has 1 aromatic carbocycles. The number of halogens is 6. The molecule has 0 amide bonds. The topological polar surface area (TPSA) is 35.5 Å². The highest BCUT2D eigenvalue weighted by atomic mass is 35.5. The highest BCUT2D eigenvalue weighted by molar-refractivity contribution is 6.30. The zero-order valence-electron chi connectivity index (χ0n) is 12.2. The first-order valence-electron chi connectivity index (χ1n) is 6.97. The molecule has 0 bridgehead atoms. The highest BCUT2D eigenvalue weighted by Crippen LogP contribution is 2.40. The SMILES string of the molecule is Cl.OCC[C@@H](c1c(C(F)(F)F)ccc(Cl)c1F)N1CCNCC1. The second-order valence-corrected chi connectivity index (χ2v) is 5.54. The molecule has 0 aromatic heterocycles. The van der Waals surface area contributed by atoms with Crippen molar-refractivity contribution < 1.29 is 22.7 Å². The van der Waals surface area contributed by atoms with Gasteiger partial charge in [-0.2, -0.15) is 13.2 Å². The van der Waals surface area contributed by atoms with Crippen LogP contribution < -0.4 is 5.32 Å². The summed E-state index contributed by atoms with van der Waals surface area (Å²) in [5, 5.41) is 11.9. The Balaban J connectivity index is 0.00000264. The minimum atomic E-state index is -4.68. The summed E-state index contributed by atoms with van der Waals surface area (Å²) in [5.41, 5.74) is -1.51. The highest BCUT2D eigenvalue weighted by Gasteiger charge is 2.39. The lowest BCUT2D eigenvalue weighted by molar-refractivity contribution is -0.139. The summed E-state index contributed by atoms with van der Waals surface area (Å²) in [6.45, 7) is 1.83. The first-order chi connectivity index (χ1) is 10.4. The summed E-state index contributed by atoms with van der Waals surface area (Å²) in [6.07, 6.45) is -4.66. The molecule has 1 atom stereocenters. The maximum Gasteiger partial charge on any atom is 0.416 e. The summed E-state index contributed by atoms with van der Waals surface area (Å²) < 4.78 is 54.0. The number of benzene rings is 1. The van der Waals surface area contributed by atoms with Gasteiger partial charge in [0.05, 0.1) is 10.6 Å². The molecule has 1 aromatic rings. The van der Waals surface area contributed by atoms with Gasteiger partial charge < -0.3 is 10.4 Å². The number of piperazine rings is 1. The molecule has 1 aliphatic heterocycles. The van der Waals surface area contributed by atoms with Crippen LogP contribution >= 0.6 is 24.0 Å². The molecule has 2 N–H and O–H groups in total. The Morgan fingerprint density at radius 3 is 2.39 bits per heavy atom. The lowest BCUT2D eigenvalue weighted by Crippen LogP contribution is -2.46. The van der Waals surface area contributed by atoms with Crippen LogP contribution in [0.3, 0.4) is 0 Å². The molecule has 1 aliphatic rings. The van der Waals surface area contributed by atoms with E-state index in [9.17, 15) is 22.7 Å². The fraction of sp³-hybridized carbons (Fsp3) is 0.571. The van der Waals surface area contributed by atoms with Gasteiger partial charge in [-0.15, -0.1) is 12.4 Å². The number of hydrogen-bond donors (Lipinski definition) is 2. The molecular weight excluding hydrogens is 359 g/mol. The van der Waals surface area contributed by atoms with Gasteiger partial charge in [0, 0.05) is 44.4 Å². The second-order valence-electron chi connectivity index (χ2n) is 5.13. The second kappa shape index (κ2) is 8.48. The minimum Gasteiger partial charge on any atom is -0.396 e. The van der Waals surface area contributed by atoms with Crippen LogP contribution in [0.2, 0.25) is 5.02 Å². The van der Waals surface area contributed by atoms with Crippen LogP contribution in [0.5, 0.6) is 0 Å². The van der Waals surface area contributed by atoms with Crippen LogP contribution in [0.1, 0.15) is 23.6 Å². The zero-order valence-corrected chi connectivity index (χ0v) is 13.7. The number of hydrogen-bond acceptors (Lipinski definition) is 3. The summed E-state index contributed by atoms with van der Waals surface area (Å²) in [6, 6.07) is 0.854. The number of nitrogens with zero attached hydrogens (tertiary/aromatic N) is 1. The number of rotatable bonds is 4. The molecule has 0 spiro atoms. The van der Waals surface area contributed by atoms with Gasteiger partial charge in [-0.05, 0) is 18.6 Å². The van der Waals surface area contributed by atoms with E-state index in [4.69, 9.17) is 11.6 Å². The molecule has 1 saturated heterocycles. The predicted octanol–water partition coefficient (Wildman–Crippen LogP) is 3.25. The minimum absolute atomic E-state index is 0. The third-order valence-corrected chi connectivity index (χ3v) is 4.06. The van der Waals surface area contributed by atoms with E-state index in [1.807, 2.05) is 0 Å². The standard InChI is InChI=1S/C14H17ClF4N2O.ClH/c15-10-2-1-9(14(17,18)19)12(13(10)16)11(3-8-22)21-6-4-20-5-7-21;/h1-2,11,20,22H,3-8H2;1H/t11-;/m0./s1. The van der Waals surface area contributed by atoms with Gasteiger partial charge in [-0.1, -0.05) is 11.6 Å². The number of nitrogens with one attached hydrogen (secondary N) is 1. The molecular formula is C14H18Cl2F4N2O. The first kappa shape index (κ1) is 20.4. The van der Waals surface area contributed by atoms with Crippen molar-refractivity contribution in [3.8, 4) is 0 Å². The van der Waals surface area contributed by atoms with Crippen molar-refractivity contribution in [3.05, 3.63) is 34.1 Å². The summed E-state index contributed by atoms with van der Waals surface area (Å²) in [7, 11) is 0. The average Bonchev–Trinajstić information content (AvgIpc) is 2.47. The monoisotopic (exact) mass is 376 g/mol. The van der Waals surface area contributed by atoms with E-state index >= 15 is 0 Å². The van der Waals surface area contributed by atoms with Crippen molar-refractivity contribution in [2.24, 2.45) is 0 Å². The van der Waals surface area contributed by atoms with Gasteiger partial charge in [0.25, 0.3) is 0 Å². The lowest BCUT2D eigenvalue weighted by Gasteiger charge is -2.36. The predicted molar refractivity (Wildman–Crippen MR) is 82.5 cm³/mol. The number of aliphatic hydroxyl groups excluding tert-OH is 1. The maximum absolute atomic E-state index is 14.4. The first-order valence-corrected chi connectivity index (χ1v) is 7.34. The Labute approximate surface area is 143 Å². The van der Waals surface area contributed by atoms with Gasteiger partial charge in [-0.25, -0.2) is 4.39 Å². The smallest absolute Gasteiger partial charge is 0.396 e. The van der Waals surface area contributed by atoms with Crippen LogP contribution in [-0.4, -0.2) is 42.8 Å². The third-order valence-electron chi connectivity index (χ3n) is 3.77. The number of alkyl halides is 3.